The molecule has 2 aliphatic rings. The van der Waals surface area contributed by atoms with Crippen molar-refractivity contribution >= 4 is 11.9 Å². The number of aliphatic hydroxyl groups is 1. The Kier molecular flexibility index (Phi) is 3.32. The van der Waals surface area contributed by atoms with Gasteiger partial charge in [-0.1, -0.05) is 6.92 Å². The molecule has 96 valence electrons. The molecule has 2 rings (SSSR count). The number of nitrogens with two attached hydrogens (primary N) is 1. The first-order valence-corrected chi connectivity index (χ1v) is 5.68. The molecule has 2 heterocycles. The number of nitrogens with one attached hydrogen (secondary N) is 1. The fourth-order valence-electron chi connectivity index (χ4n) is 2.13. The zero-order valence-corrected chi connectivity index (χ0v) is 9.63. The molecule has 2 fully saturated rings. The molecular weight excluding hydrogens is 226 g/mol. The highest BCUT2D eigenvalue weighted by Crippen LogP contribution is 2.25. The normalized spacial score (nSPS) is 38.4. The lowest BCUT2D eigenvalue weighted by molar-refractivity contribution is -0.128. The van der Waals surface area contributed by atoms with Crippen molar-refractivity contribution in [2.75, 3.05) is 13.1 Å². The maximum atomic E-state index is 11.6. The minimum absolute atomic E-state index is 0.210. The largest absolute Gasteiger partial charge is 0.390 e. The van der Waals surface area contributed by atoms with Crippen LogP contribution in [0.5, 0.6) is 0 Å². The number of imide groups is 1. The van der Waals surface area contributed by atoms with E-state index in [1.165, 1.54) is 4.90 Å². The number of amides is 3. The Hall–Kier alpha value is -1.18. The molecule has 2 saturated heterocycles. The summed E-state index contributed by atoms with van der Waals surface area (Å²) in [6, 6.07) is -0.469. The number of carbonyl (C=O) groups excluding carboxylic acids is 2. The minimum atomic E-state index is -0.661. The first-order valence-electron chi connectivity index (χ1n) is 5.68. The quantitative estimate of drug-likeness (QED) is 0.553. The fraction of sp³-hybridized carbons (Fsp3) is 0.800. The maximum absolute atomic E-state index is 11.6. The maximum Gasteiger partial charge on any atom is 0.326 e. The SMILES string of the molecule is CC1CN(C2CC(O)C(CN)O2)C(=O)NC1=O. The van der Waals surface area contributed by atoms with E-state index in [0.29, 0.717) is 13.0 Å². The van der Waals surface area contributed by atoms with Gasteiger partial charge in [-0.15, -0.1) is 0 Å². The van der Waals surface area contributed by atoms with E-state index in [-0.39, 0.29) is 18.4 Å². The first kappa shape index (κ1) is 12.3. The van der Waals surface area contributed by atoms with Crippen LogP contribution in [0.3, 0.4) is 0 Å². The number of hydrogen-bond acceptors (Lipinski definition) is 5. The van der Waals surface area contributed by atoms with Gasteiger partial charge in [0.05, 0.1) is 18.1 Å². The molecular formula is C10H17N3O4. The fourth-order valence-corrected chi connectivity index (χ4v) is 2.13. The van der Waals surface area contributed by atoms with E-state index in [4.69, 9.17) is 10.5 Å². The van der Waals surface area contributed by atoms with Gasteiger partial charge >= 0.3 is 6.03 Å². The van der Waals surface area contributed by atoms with Crippen LogP contribution in [-0.2, 0) is 9.53 Å². The second-order valence-electron chi connectivity index (χ2n) is 4.52. The number of urea groups is 1. The van der Waals surface area contributed by atoms with Gasteiger partial charge < -0.3 is 15.6 Å². The van der Waals surface area contributed by atoms with Crippen molar-refractivity contribution < 1.29 is 19.4 Å². The summed E-state index contributed by atoms with van der Waals surface area (Å²) >= 11 is 0. The molecule has 0 radical (unpaired) electrons. The van der Waals surface area contributed by atoms with Gasteiger partial charge in [0.2, 0.25) is 5.91 Å². The Morgan fingerprint density at radius 3 is 2.88 bits per heavy atom. The molecule has 0 aromatic rings. The molecule has 7 nitrogen and oxygen atoms in total. The van der Waals surface area contributed by atoms with Crippen LogP contribution in [0.2, 0.25) is 0 Å². The summed E-state index contributed by atoms with van der Waals surface area (Å²) in [6.45, 7) is 2.25. The smallest absolute Gasteiger partial charge is 0.326 e. The van der Waals surface area contributed by atoms with Crippen LogP contribution in [0.25, 0.3) is 0 Å². The number of aliphatic hydroxyl groups excluding tert-OH is 1. The molecule has 0 spiro atoms. The average molecular weight is 243 g/mol. The molecule has 0 aromatic carbocycles. The molecule has 4 unspecified atom stereocenters. The monoisotopic (exact) mass is 243 g/mol. The third-order valence-corrected chi connectivity index (χ3v) is 3.19. The second kappa shape index (κ2) is 4.59. The molecule has 0 aromatic heterocycles. The van der Waals surface area contributed by atoms with Crippen LogP contribution in [0.15, 0.2) is 0 Å². The highest BCUT2D eigenvalue weighted by Gasteiger charge is 2.41. The summed E-state index contributed by atoms with van der Waals surface area (Å²) in [5, 5.41) is 11.9. The number of nitrogens with zero attached hydrogens (tertiary/aromatic N) is 1. The van der Waals surface area contributed by atoms with Gasteiger partial charge in [0.15, 0.2) is 0 Å². The molecule has 4 atom stereocenters. The summed E-state index contributed by atoms with van der Waals surface area (Å²) in [6.07, 6.45) is -1.28. The lowest BCUT2D eigenvalue weighted by Crippen LogP contribution is -2.57. The molecule has 7 heteroatoms. The predicted molar refractivity (Wildman–Crippen MR) is 57.7 cm³/mol. The lowest BCUT2D eigenvalue weighted by atomic mass is 10.1. The second-order valence-corrected chi connectivity index (χ2v) is 4.52. The highest BCUT2D eigenvalue weighted by atomic mass is 16.5. The van der Waals surface area contributed by atoms with Crippen molar-refractivity contribution in [1.29, 1.82) is 0 Å². The van der Waals surface area contributed by atoms with Crippen molar-refractivity contribution in [2.45, 2.75) is 31.8 Å². The van der Waals surface area contributed by atoms with Crippen molar-refractivity contribution in [3.63, 3.8) is 0 Å². The van der Waals surface area contributed by atoms with Crippen LogP contribution in [0.4, 0.5) is 4.79 Å². The van der Waals surface area contributed by atoms with Crippen LogP contribution in [-0.4, -0.2) is 53.5 Å². The van der Waals surface area contributed by atoms with Crippen LogP contribution < -0.4 is 11.1 Å². The standard InChI is InChI=1S/C10H17N3O4/c1-5-4-13(10(16)12-9(5)15)8-2-6(14)7(3-11)17-8/h5-8,14H,2-4,11H2,1H3,(H,12,15,16). The highest BCUT2D eigenvalue weighted by molar-refractivity contribution is 5.97. The molecule has 3 amide bonds. The van der Waals surface area contributed by atoms with Gasteiger partial charge in [0.25, 0.3) is 0 Å². The van der Waals surface area contributed by atoms with E-state index < -0.39 is 24.5 Å². The Balaban J connectivity index is 2.03. The zero-order valence-electron chi connectivity index (χ0n) is 9.63. The van der Waals surface area contributed by atoms with Gasteiger partial charge in [0, 0.05) is 19.5 Å². The van der Waals surface area contributed by atoms with Gasteiger partial charge in [-0.2, -0.15) is 0 Å². The van der Waals surface area contributed by atoms with Gasteiger partial charge in [-0.3, -0.25) is 15.0 Å². The van der Waals surface area contributed by atoms with Crippen molar-refractivity contribution in [3.05, 3.63) is 0 Å². The van der Waals surface area contributed by atoms with E-state index in [0.717, 1.165) is 0 Å². The third-order valence-electron chi connectivity index (χ3n) is 3.19. The number of ether oxygens (including phenoxy) is 1. The summed E-state index contributed by atoms with van der Waals surface area (Å²) in [7, 11) is 0. The number of rotatable bonds is 2. The van der Waals surface area contributed by atoms with E-state index >= 15 is 0 Å². The molecule has 0 saturated carbocycles. The van der Waals surface area contributed by atoms with E-state index in [9.17, 15) is 14.7 Å². The lowest BCUT2D eigenvalue weighted by Gasteiger charge is -2.34. The molecule has 4 N–H and O–H groups in total. The van der Waals surface area contributed by atoms with Crippen LogP contribution in [0, 0.1) is 5.92 Å². The van der Waals surface area contributed by atoms with Crippen molar-refractivity contribution in [3.8, 4) is 0 Å². The Labute approximate surface area is 98.9 Å². The van der Waals surface area contributed by atoms with E-state index in [1.54, 1.807) is 6.92 Å². The number of carbonyl (C=O) groups is 2. The Morgan fingerprint density at radius 1 is 1.59 bits per heavy atom. The molecule has 0 aliphatic carbocycles. The summed E-state index contributed by atoms with van der Waals surface area (Å²) < 4.78 is 5.50. The predicted octanol–water partition coefficient (Wildman–Crippen LogP) is -1.39. The Bertz CT molecular complexity index is 336. The van der Waals surface area contributed by atoms with Crippen molar-refractivity contribution in [1.82, 2.24) is 10.2 Å². The summed E-state index contributed by atoms with van der Waals surface area (Å²) in [5.41, 5.74) is 5.44. The Morgan fingerprint density at radius 2 is 2.29 bits per heavy atom. The van der Waals surface area contributed by atoms with Crippen molar-refractivity contribution in [2.24, 2.45) is 11.7 Å². The third kappa shape index (κ3) is 2.26. The topological polar surface area (TPSA) is 105 Å². The molecule has 2 aliphatic heterocycles. The average Bonchev–Trinajstić information content (AvgIpc) is 2.65. The number of hydrogen-bond donors (Lipinski definition) is 3. The van der Waals surface area contributed by atoms with E-state index in [2.05, 4.69) is 5.32 Å². The molecule has 17 heavy (non-hydrogen) atoms. The minimum Gasteiger partial charge on any atom is -0.390 e. The molecule has 0 bridgehead atoms. The first-order chi connectivity index (χ1) is 8.02. The van der Waals surface area contributed by atoms with Gasteiger partial charge in [-0.25, -0.2) is 4.79 Å². The summed E-state index contributed by atoms with van der Waals surface area (Å²) in [4.78, 5) is 24.4. The van der Waals surface area contributed by atoms with Gasteiger partial charge in [-0.05, 0) is 0 Å². The van der Waals surface area contributed by atoms with Crippen LogP contribution in [0.1, 0.15) is 13.3 Å². The summed E-state index contributed by atoms with van der Waals surface area (Å²) in [5.74, 6) is -0.550. The van der Waals surface area contributed by atoms with Crippen LogP contribution >= 0.6 is 0 Å². The van der Waals surface area contributed by atoms with E-state index in [1.807, 2.05) is 0 Å². The van der Waals surface area contributed by atoms with Gasteiger partial charge in [0.1, 0.15) is 6.23 Å². The zero-order chi connectivity index (χ0) is 12.6.